The van der Waals surface area contributed by atoms with Gasteiger partial charge in [-0.1, -0.05) is 29.8 Å². The number of fused-ring (bicyclic) bond motifs is 1. The Bertz CT molecular complexity index is 551. The fourth-order valence-corrected chi connectivity index (χ4v) is 2.35. The minimum atomic E-state index is 0.567. The third kappa shape index (κ3) is 3.70. The van der Waals surface area contributed by atoms with Crippen molar-refractivity contribution in [3.63, 3.8) is 0 Å². The zero-order valence-corrected chi connectivity index (χ0v) is 13.0. The van der Waals surface area contributed by atoms with E-state index < -0.39 is 0 Å². The molecule has 2 N–H and O–H groups in total. The van der Waals surface area contributed by atoms with Crippen molar-refractivity contribution >= 4 is 32.9 Å². The third-order valence-corrected chi connectivity index (χ3v) is 3.35. The van der Waals surface area contributed by atoms with Gasteiger partial charge < -0.3 is 15.0 Å². The van der Waals surface area contributed by atoms with E-state index in [-0.39, 0.29) is 0 Å². The highest BCUT2D eigenvalue weighted by atomic mass is 79.9. The third-order valence-electron chi connectivity index (χ3n) is 2.86. The number of benzene rings is 1. The molecule has 1 heterocycles. The molecule has 0 spiro atoms. The lowest BCUT2D eigenvalue weighted by Crippen LogP contribution is -2.08. The van der Waals surface area contributed by atoms with Gasteiger partial charge in [-0.2, -0.15) is 0 Å². The van der Waals surface area contributed by atoms with Gasteiger partial charge in [0.2, 0.25) is 5.95 Å². The number of nitrogens with zero attached hydrogens (tertiary/aromatic N) is 2. The number of ether oxygens (including phenoxy) is 1. The minimum absolute atomic E-state index is 0.567. The van der Waals surface area contributed by atoms with E-state index in [0.29, 0.717) is 11.9 Å². The van der Waals surface area contributed by atoms with Crippen LogP contribution in [-0.2, 0) is 11.3 Å². The maximum absolute atomic E-state index is 5.96. The monoisotopic (exact) mass is 325 g/mol. The second-order valence-electron chi connectivity index (χ2n) is 5.08. The normalized spacial score (nSPS) is 11.6. The van der Waals surface area contributed by atoms with Crippen LogP contribution in [0.5, 0.6) is 0 Å². The lowest BCUT2D eigenvalue weighted by atomic mass is 10.2. The molecule has 1 aromatic heterocycles. The molecule has 0 aliphatic heterocycles. The van der Waals surface area contributed by atoms with Crippen LogP contribution in [0.1, 0.15) is 20.3 Å². The van der Waals surface area contributed by atoms with Crippen LogP contribution < -0.4 is 5.73 Å². The molecule has 0 fully saturated rings. The zero-order valence-electron chi connectivity index (χ0n) is 11.4. The highest BCUT2D eigenvalue weighted by Gasteiger charge is 2.07. The summed E-state index contributed by atoms with van der Waals surface area (Å²) in [5, 5.41) is 0. The molecule has 2 aromatic rings. The van der Waals surface area contributed by atoms with Crippen molar-refractivity contribution < 1.29 is 4.74 Å². The lowest BCUT2D eigenvalue weighted by molar-refractivity contribution is 0.105. The molecule has 0 saturated carbocycles. The molecule has 5 heteroatoms. The summed E-state index contributed by atoms with van der Waals surface area (Å²) >= 11 is 3.44. The molecule has 1 aromatic carbocycles. The molecule has 0 atom stereocenters. The standard InChI is InChI=1S/C14H20BrN3O/c1-10(2)9-19-7-3-6-18-13-5-4-11(15)8-12(13)17-14(18)16/h4-5,8,10H,3,6-7,9H2,1-2H3,(H2,16,17). The van der Waals surface area contributed by atoms with E-state index in [2.05, 4.69) is 34.8 Å². The van der Waals surface area contributed by atoms with E-state index in [1.165, 1.54) is 0 Å². The molecule has 0 bridgehead atoms. The van der Waals surface area contributed by atoms with Crippen molar-refractivity contribution in [2.75, 3.05) is 18.9 Å². The van der Waals surface area contributed by atoms with Crippen LogP contribution in [0, 0.1) is 5.92 Å². The Morgan fingerprint density at radius 2 is 2.21 bits per heavy atom. The molecule has 0 aliphatic carbocycles. The zero-order chi connectivity index (χ0) is 13.8. The van der Waals surface area contributed by atoms with Gasteiger partial charge in [0.1, 0.15) is 0 Å². The average Bonchev–Trinajstić information content (AvgIpc) is 2.64. The summed E-state index contributed by atoms with van der Waals surface area (Å²) in [5.41, 5.74) is 7.96. The van der Waals surface area contributed by atoms with Crippen LogP contribution in [0.25, 0.3) is 11.0 Å². The summed E-state index contributed by atoms with van der Waals surface area (Å²) in [4.78, 5) is 4.37. The van der Waals surface area contributed by atoms with Gasteiger partial charge in [-0.05, 0) is 30.5 Å². The molecular formula is C14H20BrN3O. The summed E-state index contributed by atoms with van der Waals surface area (Å²) in [6.07, 6.45) is 0.943. The molecule has 2 rings (SSSR count). The van der Waals surface area contributed by atoms with Crippen LogP contribution >= 0.6 is 15.9 Å². The number of imidazole rings is 1. The van der Waals surface area contributed by atoms with Crippen molar-refractivity contribution in [1.82, 2.24) is 9.55 Å². The first-order valence-electron chi connectivity index (χ1n) is 6.57. The first-order valence-corrected chi connectivity index (χ1v) is 7.36. The van der Waals surface area contributed by atoms with Crippen LogP contribution in [0.15, 0.2) is 22.7 Å². The average molecular weight is 326 g/mol. The van der Waals surface area contributed by atoms with E-state index in [1.807, 2.05) is 22.8 Å². The Hall–Kier alpha value is -1.07. The van der Waals surface area contributed by atoms with Gasteiger partial charge in [0, 0.05) is 24.2 Å². The number of halogens is 1. The number of anilines is 1. The predicted octanol–water partition coefficient (Wildman–Crippen LogP) is 3.44. The number of nitrogens with two attached hydrogens (primary N) is 1. The fourth-order valence-electron chi connectivity index (χ4n) is 2.00. The van der Waals surface area contributed by atoms with Gasteiger partial charge in [-0.15, -0.1) is 0 Å². The largest absolute Gasteiger partial charge is 0.381 e. The summed E-state index contributed by atoms with van der Waals surface area (Å²) in [7, 11) is 0. The fraction of sp³-hybridized carbons (Fsp3) is 0.500. The highest BCUT2D eigenvalue weighted by molar-refractivity contribution is 9.10. The number of nitrogen functional groups attached to an aromatic ring is 1. The Morgan fingerprint density at radius 3 is 2.95 bits per heavy atom. The van der Waals surface area contributed by atoms with Gasteiger partial charge in [-0.3, -0.25) is 0 Å². The maximum atomic E-state index is 5.96. The number of rotatable bonds is 6. The van der Waals surface area contributed by atoms with E-state index in [9.17, 15) is 0 Å². The molecule has 0 radical (unpaired) electrons. The second-order valence-corrected chi connectivity index (χ2v) is 5.99. The minimum Gasteiger partial charge on any atom is -0.381 e. The molecule has 0 amide bonds. The van der Waals surface area contributed by atoms with Crippen LogP contribution in [0.3, 0.4) is 0 Å². The first kappa shape index (κ1) is 14.3. The van der Waals surface area contributed by atoms with E-state index >= 15 is 0 Å². The molecule has 0 saturated heterocycles. The molecule has 0 aliphatic rings. The van der Waals surface area contributed by atoms with Gasteiger partial charge in [0.05, 0.1) is 11.0 Å². The summed E-state index contributed by atoms with van der Waals surface area (Å²) in [6, 6.07) is 6.03. The maximum Gasteiger partial charge on any atom is 0.201 e. The van der Waals surface area contributed by atoms with E-state index in [1.54, 1.807) is 0 Å². The van der Waals surface area contributed by atoms with Gasteiger partial charge >= 0.3 is 0 Å². The Kier molecular flexibility index (Phi) is 4.82. The number of hydrogen-bond donors (Lipinski definition) is 1. The molecule has 19 heavy (non-hydrogen) atoms. The molecule has 104 valence electrons. The summed E-state index contributed by atoms with van der Waals surface area (Å²) in [6.45, 7) is 6.71. The molecule has 0 unspecified atom stereocenters. The van der Waals surface area contributed by atoms with Crippen molar-refractivity contribution in [3.8, 4) is 0 Å². The molecule has 4 nitrogen and oxygen atoms in total. The Balaban J connectivity index is 1.98. The van der Waals surface area contributed by atoms with Gasteiger partial charge in [-0.25, -0.2) is 4.98 Å². The van der Waals surface area contributed by atoms with Gasteiger partial charge in [0.25, 0.3) is 0 Å². The predicted molar refractivity (Wildman–Crippen MR) is 82.1 cm³/mol. The van der Waals surface area contributed by atoms with E-state index in [4.69, 9.17) is 10.5 Å². The van der Waals surface area contributed by atoms with Crippen molar-refractivity contribution in [2.24, 2.45) is 5.92 Å². The van der Waals surface area contributed by atoms with Gasteiger partial charge in [0.15, 0.2) is 0 Å². The summed E-state index contributed by atoms with van der Waals surface area (Å²) in [5.74, 6) is 1.15. The SMILES string of the molecule is CC(C)COCCCn1c(N)nc2cc(Br)ccc21. The summed E-state index contributed by atoms with van der Waals surface area (Å²) < 4.78 is 8.64. The van der Waals surface area contributed by atoms with Crippen LogP contribution in [0.2, 0.25) is 0 Å². The number of aryl methyl sites for hydroxylation is 1. The Morgan fingerprint density at radius 1 is 1.42 bits per heavy atom. The van der Waals surface area contributed by atoms with Crippen molar-refractivity contribution in [3.05, 3.63) is 22.7 Å². The van der Waals surface area contributed by atoms with Crippen molar-refractivity contribution in [1.29, 1.82) is 0 Å². The topological polar surface area (TPSA) is 53.1 Å². The van der Waals surface area contributed by atoms with Crippen LogP contribution in [-0.4, -0.2) is 22.8 Å². The first-order chi connectivity index (χ1) is 9.08. The highest BCUT2D eigenvalue weighted by Crippen LogP contribution is 2.22. The van der Waals surface area contributed by atoms with Crippen molar-refractivity contribution in [2.45, 2.75) is 26.8 Å². The quantitative estimate of drug-likeness (QED) is 0.827. The molecular weight excluding hydrogens is 306 g/mol. The number of hydrogen-bond acceptors (Lipinski definition) is 3. The smallest absolute Gasteiger partial charge is 0.201 e. The Labute approximate surface area is 122 Å². The second kappa shape index (κ2) is 6.39. The lowest BCUT2D eigenvalue weighted by Gasteiger charge is -2.08. The number of aromatic nitrogens is 2. The van der Waals surface area contributed by atoms with E-state index in [0.717, 1.165) is 41.7 Å². The van der Waals surface area contributed by atoms with Crippen LogP contribution in [0.4, 0.5) is 5.95 Å².